The second kappa shape index (κ2) is 7.20. The molecule has 4 aromatic rings. The first kappa shape index (κ1) is 17.1. The number of fused-ring (bicyclic) bond motifs is 2. The van der Waals surface area contributed by atoms with E-state index < -0.39 is 0 Å². The van der Waals surface area contributed by atoms with Crippen molar-refractivity contribution in [3.05, 3.63) is 53.6 Å². The first-order valence-electron chi connectivity index (χ1n) is 9.50. The lowest BCUT2D eigenvalue weighted by Crippen LogP contribution is -2.14. The van der Waals surface area contributed by atoms with Gasteiger partial charge in [-0.1, -0.05) is 6.42 Å². The van der Waals surface area contributed by atoms with E-state index in [4.69, 9.17) is 0 Å². The fourth-order valence-corrected chi connectivity index (χ4v) is 4.35. The molecule has 0 unspecified atom stereocenters. The minimum atomic E-state index is -0.0742. The van der Waals surface area contributed by atoms with Gasteiger partial charge >= 0.3 is 0 Å². The summed E-state index contributed by atoms with van der Waals surface area (Å²) in [6.45, 7) is 0.970. The van der Waals surface area contributed by atoms with Crippen LogP contribution in [0.2, 0.25) is 0 Å². The van der Waals surface area contributed by atoms with Gasteiger partial charge in [0.15, 0.2) is 10.8 Å². The third kappa shape index (κ3) is 3.31. The second-order valence-corrected chi connectivity index (χ2v) is 7.90. The first-order valence-corrected chi connectivity index (χ1v) is 10.4. The minimum absolute atomic E-state index is 0.0742. The van der Waals surface area contributed by atoms with E-state index in [2.05, 4.69) is 25.1 Å². The van der Waals surface area contributed by atoms with Crippen LogP contribution in [0, 0.1) is 0 Å². The van der Waals surface area contributed by atoms with Gasteiger partial charge in [0, 0.05) is 42.0 Å². The molecule has 1 N–H and O–H groups in total. The summed E-state index contributed by atoms with van der Waals surface area (Å²) in [4.78, 5) is 17.7. The molecular weight excluding hydrogens is 372 g/mol. The van der Waals surface area contributed by atoms with Gasteiger partial charge < -0.3 is 9.88 Å². The summed E-state index contributed by atoms with van der Waals surface area (Å²) in [6, 6.07) is 7.81. The number of carbonyl (C=O) groups is 1. The fraction of sp³-hybridized carbons (Fsp3) is 0.300. The summed E-state index contributed by atoms with van der Waals surface area (Å²) in [7, 11) is 0. The van der Waals surface area contributed by atoms with Gasteiger partial charge in [-0.3, -0.25) is 9.20 Å². The SMILES string of the molecule is O=C(Cc1cn2ccsc2n1)Nc1ccc(-c2nnc3n2CCCCC3)cc1. The van der Waals surface area contributed by atoms with Crippen LogP contribution in [0.15, 0.2) is 42.0 Å². The van der Waals surface area contributed by atoms with E-state index in [0.29, 0.717) is 0 Å². The third-order valence-corrected chi connectivity index (χ3v) is 5.79. The average molecular weight is 392 g/mol. The van der Waals surface area contributed by atoms with E-state index >= 15 is 0 Å². The molecule has 0 fully saturated rings. The largest absolute Gasteiger partial charge is 0.326 e. The van der Waals surface area contributed by atoms with Crippen molar-refractivity contribution in [2.24, 2.45) is 0 Å². The maximum absolute atomic E-state index is 12.3. The zero-order valence-corrected chi connectivity index (χ0v) is 16.2. The molecule has 5 rings (SSSR count). The van der Waals surface area contributed by atoms with Gasteiger partial charge in [0.05, 0.1) is 12.1 Å². The Kier molecular flexibility index (Phi) is 4.40. The maximum Gasteiger partial charge on any atom is 0.230 e. The molecule has 0 saturated carbocycles. The Labute approximate surface area is 166 Å². The molecule has 0 saturated heterocycles. The molecule has 0 bridgehead atoms. The molecule has 0 aliphatic carbocycles. The Morgan fingerprint density at radius 1 is 1.14 bits per heavy atom. The Morgan fingerprint density at radius 2 is 2.04 bits per heavy atom. The first-order chi connectivity index (χ1) is 13.8. The molecular formula is C20H20N6OS. The van der Waals surface area contributed by atoms with E-state index in [1.807, 2.05) is 46.4 Å². The van der Waals surface area contributed by atoms with Crippen molar-refractivity contribution in [3.8, 4) is 11.4 Å². The number of rotatable bonds is 4. The molecule has 1 aromatic carbocycles. The molecule has 0 atom stereocenters. The monoisotopic (exact) mass is 392 g/mol. The molecule has 3 aromatic heterocycles. The molecule has 1 amide bonds. The predicted octanol–water partition coefficient (Wildman–Crippen LogP) is 3.56. The second-order valence-electron chi connectivity index (χ2n) is 7.03. The standard InChI is InChI=1S/C20H20N6OS/c27-18(12-16-13-25-10-11-28-20(25)22-16)21-15-7-5-14(6-8-15)19-24-23-17-4-2-1-3-9-26(17)19/h5-8,10-11,13H,1-4,9,12H2,(H,21,27). The van der Waals surface area contributed by atoms with Gasteiger partial charge in [0.2, 0.25) is 5.91 Å². The van der Waals surface area contributed by atoms with Crippen molar-refractivity contribution < 1.29 is 4.79 Å². The molecule has 28 heavy (non-hydrogen) atoms. The van der Waals surface area contributed by atoms with E-state index in [9.17, 15) is 4.79 Å². The third-order valence-electron chi connectivity index (χ3n) is 5.02. The number of carbonyl (C=O) groups excluding carboxylic acids is 1. The van der Waals surface area contributed by atoms with Crippen molar-refractivity contribution >= 4 is 27.9 Å². The van der Waals surface area contributed by atoms with Gasteiger partial charge in [0.1, 0.15) is 5.82 Å². The molecule has 0 spiro atoms. The molecule has 8 heteroatoms. The van der Waals surface area contributed by atoms with E-state index in [0.717, 1.165) is 52.9 Å². The van der Waals surface area contributed by atoms with Crippen LogP contribution in [-0.2, 0) is 24.2 Å². The van der Waals surface area contributed by atoms with Crippen LogP contribution in [0.3, 0.4) is 0 Å². The lowest BCUT2D eigenvalue weighted by atomic mass is 10.2. The summed E-state index contributed by atoms with van der Waals surface area (Å²) >= 11 is 1.56. The van der Waals surface area contributed by atoms with Crippen molar-refractivity contribution in [2.45, 2.75) is 38.6 Å². The smallest absolute Gasteiger partial charge is 0.230 e. The zero-order valence-electron chi connectivity index (χ0n) is 15.3. The summed E-state index contributed by atoms with van der Waals surface area (Å²) in [5.74, 6) is 1.91. The molecule has 1 aliphatic heterocycles. The summed E-state index contributed by atoms with van der Waals surface area (Å²) < 4.78 is 4.16. The number of anilines is 1. The quantitative estimate of drug-likeness (QED) is 0.576. The number of imidazole rings is 1. The molecule has 1 aliphatic rings. The number of aryl methyl sites for hydroxylation is 1. The van der Waals surface area contributed by atoms with E-state index in [1.165, 1.54) is 12.8 Å². The van der Waals surface area contributed by atoms with Gasteiger partial charge in [-0.15, -0.1) is 21.5 Å². The fourth-order valence-electron chi connectivity index (χ4n) is 3.63. The molecule has 7 nitrogen and oxygen atoms in total. The summed E-state index contributed by atoms with van der Waals surface area (Å²) in [5, 5.41) is 13.7. The number of benzene rings is 1. The lowest BCUT2D eigenvalue weighted by Gasteiger charge is -2.08. The highest BCUT2D eigenvalue weighted by Crippen LogP contribution is 2.24. The van der Waals surface area contributed by atoms with Gasteiger partial charge in [-0.2, -0.15) is 0 Å². The summed E-state index contributed by atoms with van der Waals surface area (Å²) in [6.07, 6.45) is 8.67. The number of hydrogen-bond acceptors (Lipinski definition) is 5. The van der Waals surface area contributed by atoms with Crippen molar-refractivity contribution in [1.82, 2.24) is 24.1 Å². The number of aromatic nitrogens is 5. The minimum Gasteiger partial charge on any atom is -0.326 e. The van der Waals surface area contributed by atoms with Crippen LogP contribution < -0.4 is 5.32 Å². The van der Waals surface area contributed by atoms with Crippen LogP contribution in [0.25, 0.3) is 16.3 Å². The Bertz CT molecular complexity index is 1090. The van der Waals surface area contributed by atoms with Crippen LogP contribution in [0.1, 0.15) is 30.8 Å². The van der Waals surface area contributed by atoms with Gasteiger partial charge in [-0.05, 0) is 37.1 Å². The number of amides is 1. The highest BCUT2D eigenvalue weighted by Gasteiger charge is 2.16. The topological polar surface area (TPSA) is 77.1 Å². The number of hydrogen-bond donors (Lipinski definition) is 1. The van der Waals surface area contributed by atoms with Crippen molar-refractivity contribution in [2.75, 3.05) is 5.32 Å². The number of nitrogens with zero attached hydrogens (tertiary/aromatic N) is 5. The number of thiazole rings is 1. The van der Waals surface area contributed by atoms with Crippen LogP contribution in [-0.4, -0.2) is 30.1 Å². The van der Waals surface area contributed by atoms with Crippen molar-refractivity contribution in [3.63, 3.8) is 0 Å². The molecule has 4 heterocycles. The molecule has 142 valence electrons. The Balaban J connectivity index is 1.28. The van der Waals surface area contributed by atoms with E-state index in [1.54, 1.807) is 11.3 Å². The van der Waals surface area contributed by atoms with Gasteiger partial charge in [0.25, 0.3) is 0 Å². The maximum atomic E-state index is 12.3. The Morgan fingerprint density at radius 3 is 2.89 bits per heavy atom. The van der Waals surface area contributed by atoms with Crippen molar-refractivity contribution in [1.29, 1.82) is 0 Å². The van der Waals surface area contributed by atoms with E-state index in [-0.39, 0.29) is 12.3 Å². The van der Waals surface area contributed by atoms with Crippen LogP contribution in [0.5, 0.6) is 0 Å². The zero-order chi connectivity index (χ0) is 18.9. The Hall–Kier alpha value is -3.00. The average Bonchev–Trinajstić information content (AvgIpc) is 3.33. The number of nitrogens with one attached hydrogen (secondary N) is 1. The highest BCUT2D eigenvalue weighted by atomic mass is 32.1. The predicted molar refractivity (Wildman–Crippen MR) is 108 cm³/mol. The van der Waals surface area contributed by atoms with Gasteiger partial charge in [-0.25, -0.2) is 4.98 Å². The highest BCUT2D eigenvalue weighted by molar-refractivity contribution is 7.15. The summed E-state index contributed by atoms with van der Waals surface area (Å²) in [5.41, 5.74) is 2.56. The lowest BCUT2D eigenvalue weighted by molar-refractivity contribution is -0.115. The van der Waals surface area contributed by atoms with Crippen LogP contribution >= 0.6 is 11.3 Å². The normalized spacial score (nSPS) is 14.0. The molecule has 0 radical (unpaired) electrons. The van der Waals surface area contributed by atoms with Crippen LogP contribution in [0.4, 0.5) is 5.69 Å².